The zero-order chi connectivity index (χ0) is 27.0. The lowest BCUT2D eigenvalue weighted by atomic mass is 9.95. The second kappa shape index (κ2) is 11.0. The van der Waals surface area contributed by atoms with E-state index in [9.17, 15) is 19.1 Å². The molecule has 1 unspecified atom stereocenters. The van der Waals surface area contributed by atoms with Gasteiger partial charge in [-0.15, -0.1) is 10.2 Å². The lowest BCUT2D eigenvalue weighted by molar-refractivity contribution is -0.132. The largest absolute Gasteiger partial charge is 0.507 e. The van der Waals surface area contributed by atoms with Gasteiger partial charge in [-0.25, -0.2) is 4.39 Å². The van der Waals surface area contributed by atoms with Gasteiger partial charge in [-0.2, -0.15) is 0 Å². The van der Waals surface area contributed by atoms with Crippen molar-refractivity contribution in [1.29, 1.82) is 0 Å². The molecule has 1 N–H and O–H groups in total. The monoisotopic (exact) mass is 605 g/mol. The molecule has 0 radical (unpaired) electrons. The first-order valence-corrected chi connectivity index (χ1v) is 13.9. The summed E-state index contributed by atoms with van der Waals surface area (Å²) in [6, 6.07) is 15.8. The molecule has 1 saturated heterocycles. The van der Waals surface area contributed by atoms with E-state index in [-0.39, 0.29) is 21.3 Å². The SMILES string of the molecule is O=C1C(=O)N(c2nnc(SCc3ccc(Cl)cc3)s2)C(c2ccc(Cl)cc2Cl)/C1=C(/O)c1ccc(F)cc1. The fourth-order valence-corrected chi connectivity index (χ4v) is 6.36. The third-order valence-corrected chi connectivity index (χ3v) is 8.64. The molecule has 38 heavy (non-hydrogen) atoms. The minimum Gasteiger partial charge on any atom is -0.507 e. The second-order valence-electron chi connectivity index (χ2n) is 8.11. The fourth-order valence-electron chi connectivity index (χ4n) is 3.89. The minimum atomic E-state index is -1.12. The number of aliphatic hydroxyl groups excluding tert-OH is 1. The number of halogens is 4. The maximum atomic E-state index is 13.5. The van der Waals surface area contributed by atoms with Crippen molar-refractivity contribution in [2.24, 2.45) is 0 Å². The minimum absolute atomic E-state index is 0.153. The molecule has 1 atom stereocenters. The van der Waals surface area contributed by atoms with Crippen LogP contribution >= 0.6 is 57.9 Å². The van der Waals surface area contributed by atoms with Gasteiger partial charge in [0.2, 0.25) is 5.13 Å². The van der Waals surface area contributed by atoms with E-state index in [0.29, 0.717) is 25.7 Å². The summed E-state index contributed by atoms with van der Waals surface area (Å²) in [5.74, 6) is -2.24. The molecular weight excluding hydrogens is 592 g/mol. The van der Waals surface area contributed by atoms with E-state index in [1.807, 2.05) is 12.1 Å². The van der Waals surface area contributed by atoms with Crippen LogP contribution in [0.4, 0.5) is 9.52 Å². The molecule has 5 rings (SSSR count). The molecule has 3 aromatic carbocycles. The number of hydrogen-bond acceptors (Lipinski definition) is 7. The van der Waals surface area contributed by atoms with Crippen LogP contribution in [0.2, 0.25) is 15.1 Å². The zero-order valence-electron chi connectivity index (χ0n) is 19.1. The van der Waals surface area contributed by atoms with Crippen molar-refractivity contribution >= 4 is 80.5 Å². The lowest BCUT2D eigenvalue weighted by Gasteiger charge is -2.23. The third-order valence-electron chi connectivity index (χ3n) is 5.70. The van der Waals surface area contributed by atoms with E-state index < -0.39 is 29.3 Å². The summed E-state index contributed by atoms with van der Waals surface area (Å²) in [6.45, 7) is 0. The fraction of sp³-hybridized carbons (Fsp3) is 0.0769. The van der Waals surface area contributed by atoms with Crippen molar-refractivity contribution < 1.29 is 19.1 Å². The Kier molecular flexibility index (Phi) is 7.74. The number of amides is 1. The Morgan fingerprint density at radius 2 is 1.66 bits per heavy atom. The number of ketones is 1. The van der Waals surface area contributed by atoms with Gasteiger partial charge in [-0.3, -0.25) is 14.5 Å². The number of anilines is 1. The molecule has 0 bridgehead atoms. The molecule has 0 aliphatic carbocycles. The highest BCUT2D eigenvalue weighted by Gasteiger charge is 2.49. The van der Waals surface area contributed by atoms with Gasteiger partial charge in [0.1, 0.15) is 11.6 Å². The Morgan fingerprint density at radius 1 is 0.974 bits per heavy atom. The Balaban J connectivity index is 1.56. The Bertz CT molecular complexity index is 1580. The maximum absolute atomic E-state index is 13.5. The van der Waals surface area contributed by atoms with Crippen LogP contribution in [0.15, 0.2) is 76.6 Å². The van der Waals surface area contributed by atoms with Gasteiger partial charge in [-0.1, -0.05) is 76.1 Å². The van der Waals surface area contributed by atoms with Crippen LogP contribution in [-0.2, 0) is 15.3 Å². The first-order valence-electron chi connectivity index (χ1n) is 11.0. The first kappa shape index (κ1) is 26.6. The number of thioether (sulfide) groups is 1. The van der Waals surface area contributed by atoms with Crippen LogP contribution in [0.5, 0.6) is 0 Å². The summed E-state index contributed by atoms with van der Waals surface area (Å²) in [5, 5.41) is 20.8. The van der Waals surface area contributed by atoms with Gasteiger partial charge in [0.25, 0.3) is 5.78 Å². The highest BCUT2D eigenvalue weighted by atomic mass is 35.5. The average molecular weight is 607 g/mol. The molecule has 1 aliphatic heterocycles. The van der Waals surface area contributed by atoms with Gasteiger partial charge >= 0.3 is 5.91 Å². The molecule has 12 heteroatoms. The van der Waals surface area contributed by atoms with Crippen LogP contribution in [0.1, 0.15) is 22.7 Å². The maximum Gasteiger partial charge on any atom is 0.301 e. The van der Waals surface area contributed by atoms with Crippen LogP contribution in [-0.4, -0.2) is 27.0 Å². The van der Waals surface area contributed by atoms with Gasteiger partial charge in [0.15, 0.2) is 4.34 Å². The average Bonchev–Trinajstić information content (AvgIpc) is 3.46. The van der Waals surface area contributed by atoms with E-state index in [1.54, 1.807) is 24.3 Å². The third kappa shape index (κ3) is 5.30. The number of aliphatic hydroxyl groups is 1. The number of Topliss-reactive ketones (excluding diaryl/α,β-unsaturated/α-hetero) is 1. The van der Waals surface area contributed by atoms with E-state index in [1.165, 1.54) is 30.0 Å². The number of nitrogens with zero attached hydrogens (tertiary/aromatic N) is 3. The van der Waals surface area contributed by atoms with E-state index in [4.69, 9.17) is 34.8 Å². The van der Waals surface area contributed by atoms with Crippen molar-refractivity contribution in [3.8, 4) is 0 Å². The standard InChI is InChI=1S/C26H15Cl3FN3O3S2/c27-15-5-1-13(2-6-15)12-37-26-32-31-25(38-26)33-21(18-10-7-16(28)11-19(18)29)20(23(35)24(33)36)22(34)14-3-8-17(30)9-4-14/h1-11,21,34H,12H2/b22-20-. The topological polar surface area (TPSA) is 83.4 Å². The molecule has 1 aromatic heterocycles. The van der Waals surface area contributed by atoms with Gasteiger partial charge in [0.05, 0.1) is 11.6 Å². The number of carbonyl (C=O) groups excluding carboxylic acids is 2. The Hall–Kier alpha value is -2.95. The summed E-state index contributed by atoms with van der Waals surface area (Å²) >= 11 is 21.1. The first-order chi connectivity index (χ1) is 18.2. The van der Waals surface area contributed by atoms with E-state index in [2.05, 4.69) is 10.2 Å². The van der Waals surface area contributed by atoms with Crippen LogP contribution in [0, 0.1) is 5.82 Å². The van der Waals surface area contributed by atoms with E-state index in [0.717, 1.165) is 33.9 Å². The van der Waals surface area contributed by atoms with Gasteiger partial charge < -0.3 is 5.11 Å². The molecule has 1 amide bonds. The summed E-state index contributed by atoms with van der Waals surface area (Å²) in [7, 11) is 0. The molecular formula is C26H15Cl3FN3O3S2. The van der Waals surface area contributed by atoms with Crippen LogP contribution in [0.3, 0.4) is 0 Å². The van der Waals surface area contributed by atoms with Crippen LogP contribution < -0.4 is 4.90 Å². The highest BCUT2D eigenvalue weighted by molar-refractivity contribution is 8.00. The summed E-state index contributed by atoms with van der Waals surface area (Å²) in [6.07, 6.45) is 0. The predicted octanol–water partition coefficient (Wildman–Crippen LogP) is 7.56. The number of rotatable bonds is 6. The number of carbonyl (C=O) groups is 2. The van der Waals surface area contributed by atoms with E-state index >= 15 is 0 Å². The number of hydrogen-bond donors (Lipinski definition) is 1. The van der Waals surface area contributed by atoms with Crippen molar-refractivity contribution in [2.45, 2.75) is 16.1 Å². The molecule has 1 aliphatic rings. The van der Waals surface area contributed by atoms with Gasteiger partial charge in [0, 0.05) is 26.4 Å². The number of aromatic nitrogens is 2. The van der Waals surface area contributed by atoms with Crippen LogP contribution in [0.25, 0.3) is 5.76 Å². The Morgan fingerprint density at radius 3 is 2.34 bits per heavy atom. The molecule has 0 saturated carbocycles. The summed E-state index contributed by atoms with van der Waals surface area (Å²) < 4.78 is 14.1. The molecule has 6 nitrogen and oxygen atoms in total. The predicted molar refractivity (Wildman–Crippen MR) is 149 cm³/mol. The molecule has 4 aromatic rings. The molecule has 1 fully saturated rings. The quantitative estimate of drug-likeness (QED) is 0.0802. The Labute approximate surface area is 239 Å². The van der Waals surface area contributed by atoms with Crippen molar-refractivity contribution in [1.82, 2.24) is 10.2 Å². The molecule has 0 spiro atoms. The zero-order valence-corrected chi connectivity index (χ0v) is 23.0. The number of benzene rings is 3. The molecule has 192 valence electrons. The summed E-state index contributed by atoms with van der Waals surface area (Å²) in [4.78, 5) is 27.7. The lowest BCUT2D eigenvalue weighted by Crippen LogP contribution is -2.29. The normalized spacial score (nSPS) is 16.8. The van der Waals surface area contributed by atoms with Crippen molar-refractivity contribution in [3.05, 3.63) is 110 Å². The van der Waals surface area contributed by atoms with Crippen molar-refractivity contribution in [2.75, 3.05) is 4.90 Å². The van der Waals surface area contributed by atoms with Gasteiger partial charge in [-0.05, 0) is 59.7 Å². The highest BCUT2D eigenvalue weighted by Crippen LogP contribution is 2.46. The summed E-state index contributed by atoms with van der Waals surface area (Å²) in [5.41, 5.74) is 1.32. The molecule has 2 heterocycles. The second-order valence-corrected chi connectivity index (χ2v) is 11.6. The van der Waals surface area contributed by atoms with Crippen molar-refractivity contribution in [3.63, 3.8) is 0 Å². The smallest absolute Gasteiger partial charge is 0.301 e.